The molecular weight excluding hydrogens is 546 g/mol. The van der Waals surface area contributed by atoms with Crippen LogP contribution in [-0.4, -0.2) is 62.3 Å². The van der Waals surface area contributed by atoms with Gasteiger partial charge in [-0.1, -0.05) is 11.6 Å². The fourth-order valence-corrected chi connectivity index (χ4v) is 4.76. The van der Waals surface area contributed by atoms with Crippen molar-refractivity contribution in [3.63, 3.8) is 0 Å². The Bertz CT molecular complexity index is 1210. The molecule has 204 valence electrons. The van der Waals surface area contributed by atoms with Crippen molar-refractivity contribution in [1.29, 1.82) is 0 Å². The number of amides is 4. The van der Waals surface area contributed by atoms with Crippen molar-refractivity contribution in [2.24, 2.45) is 0 Å². The number of nitrogens with one attached hydrogen (secondary N) is 3. The summed E-state index contributed by atoms with van der Waals surface area (Å²) in [5.74, 6) is -1.73. The first-order valence-corrected chi connectivity index (χ1v) is 13.0. The topological polar surface area (TPSA) is 126 Å². The van der Waals surface area contributed by atoms with Gasteiger partial charge in [0, 0.05) is 24.3 Å². The Hall–Kier alpha value is -3.29. The third-order valence-electron chi connectivity index (χ3n) is 6.00. The lowest BCUT2D eigenvalue weighted by atomic mass is 9.96. The zero-order valence-electron chi connectivity index (χ0n) is 20.0. The number of ether oxygens (including phenoxy) is 2. The molecule has 1 aromatic heterocycles. The average Bonchev–Trinajstić information content (AvgIpc) is 3.30. The van der Waals surface area contributed by atoms with Gasteiger partial charge in [0.1, 0.15) is 18.8 Å². The minimum atomic E-state index is -2.93. The van der Waals surface area contributed by atoms with Gasteiger partial charge in [0.25, 0.3) is 18.2 Å². The van der Waals surface area contributed by atoms with E-state index in [9.17, 15) is 28.0 Å². The number of anilines is 2. The summed E-state index contributed by atoms with van der Waals surface area (Å²) in [7, 11) is 0. The second kappa shape index (κ2) is 12.5. The lowest BCUT2D eigenvalue weighted by molar-refractivity contribution is -0.125. The lowest BCUT2D eigenvalue weighted by Gasteiger charge is -2.29. The van der Waals surface area contributed by atoms with Crippen LogP contribution in [-0.2, 0) is 19.1 Å². The largest absolute Gasteiger partial charge is 0.446 e. The first kappa shape index (κ1) is 27.7. The van der Waals surface area contributed by atoms with Gasteiger partial charge in [-0.3, -0.25) is 14.4 Å². The van der Waals surface area contributed by atoms with Gasteiger partial charge in [0.15, 0.2) is 0 Å². The van der Waals surface area contributed by atoms with Crippen molar-refractivity contribution in [2.45, 2.75) is 37.8 Å². The molecule has 2 fully saturated rings. The van der Waals surface area contributed by atoms with Crippen LogP contribution in [0.4, 0.5) is 25.0 Å². The molecule has 2 aromatic rings. The SMILES string of the molecule is O=C(N[C@H](CNC(=O)c1ccc(Cl)s1)C(=O)Nc1ccc(N2CCOCC2=O)c(C(F)F)c1)OC1CCC1. The number of morpholine rings is 1. The molecule has 4 amide bonds. The zero-order chi connectivity index (χ0) is 27.2. The highest BCUT2D eigenvalue weighted by atomic mass is 35.5. The Morgan fingerprint density at radius 1 is 1.21 bits per heavy atom. The standard InChI is InChI=1S/C24H25ClF2N4O6S/c25-19-7-6-18(38-19)23(34)28-11-16(30-24(35)37-14-2-1-3-14)22(33)29-13-4-5-17(15(10-13)21(26)27)31-8-9-36-12-20(31)32/h4-7,10,14,16,21H,1-3,8-9,11-12H2,(H,28,34)(H,29,33)(H,30,35)/t16-/m1/s1. The summed E-state index contributed by atoms with van der Waals surface area (Å²) in [6.45, 7) is -0.188. The molecule has 1 saturated carbocycles. The second-order valence-electron chi connectivity index (χ2n) is 8.63. The average molecular weight is 571 g/mol. The number of hydrogen-bond acceptors (Lipinski definition) is 7. The van der Waals surface area contributed by atoms with Gasteiger partial charge < -0.3 is 30.3 Å². The molecule has 3 N–H and O–H groups in total. The molecule has 2 heterocycles. The maximum absolute atomic E-state index is 13.9. The van der Waals surface area contributed by atoms with Crippen LogP contribution >= 0.6 is 22.9 Å². The second-order valence-corrected chi connectivity index (χ2v) is 10.3. The van der Waals surface area contributed by atoms with Gasteiger partial charge in [-0.15, -0.1) is 11.3 Å². The predicted octanol–water partition coefficient (Wildman–Crippen LogP) is 3.72. The molecule has 38 heavy (non-hydrogen) atoms. The number of nitrogens with zero attached hydrogens (tertiary/aromatic N) is 1. The molecule has 0 unspecified atom stereocenters. The molecule has 4 rings (SSSR count). The Balaban J connectivity index is 1.47. The highest BCUT2D eigenvalue weighted by molar-refractivity contribution is 7.18. The highest BCUT2D eigenvalue weighted by Gasteiger charge is 2.29. The third-order valence-corrected chi connectivity index (χ3v) is 7.23. The number of alkyl halides is 2. The van der Waals surface area contributed by atoms with Crippen LogP contribution < -0.4 is 20.9 Å². The van der Waals surface area contributed by atoms with Crippen molar-refractivity contribution in [1.82, 2.24) is 10.6 Å². The first-order chi connectivity index (χ1) is 18.2. The first-order valence-electron chi connectivity index (χ1n) is 11.8. The van der Waals surface area contributed by atoms with E-state index in [-0.39, 0.29) is 43.8 Å². The molecule has 0 spiro atoms. The van der Waals surface area contributed by atoms with Crippen LogP contribution in [0.5, 0.6) is 0 Å². The number of benzene rings is 1. The van der Waals surface area contributed by atoms with E-state index in [2.05, 4.69) is 16.0 Å². The molecule has 0 radical (unpaired) electrons. The van der Waals surface area contributed by atoms with E-state index in [0.717, 1.165) is 23.8 Å². The van der Waals surface area contributed by atoms with Gasteiger partial charge in [0.2, 0.25) is 5.91 Å². The summed E-state index contributed by atoms with van der Waals surface area (Å²) in [4.78, 5) is 51.5. The molecule has 1 aliphatic carbocycles. The van der Waals surface area contributed by atoms with Crippen molar-refractivity contribution in [2.75, 3.05) is 36.5 Å². The van der Waals surface area contributed by atoms with E-state index in [1.165, 1.54) is 23.1 Å². The predicted molar refractivity (Wildman–Crippen MR) is 136 cm³/mol. The number of rotatable bonds is 9. The van der Waals surface area contributed by atoms with E-state index in [4.69, 9.17) is 21.1 Å². The summed E-state index contributed by atoms with van der Waals surface area (Å²) < 4.78 is 38.5. The minimum Gasteiger partial charge on any atom is -0.446 e. The monoisotopic (exact) mass is 570 g/mol. The number of thiophene rings is 1. The summed E-state index contributed by atoms with van der Waals surface area (Å²) in [6.07, 6.45) is -1.65. The van der Waals surface area contributed by atoms with Gasteiger partial charge in [-0.25, -0.2) is 13.6 Å². The molecule has 10 nitrogen and oxygen atoms in total. The van der Waals surface area contributed by atoms with E-state index in [0.29, 0.717) is 22.1 Å². The molecule has 0 bridgehead atoms. The van der Waals surface area contributed by atoms with E-state index in [1.54, 1.807) is 6.07 Å². The number of hydrogen-bond donors (Lipinski definition) is 3. The van der Waals surface area contributed by atoms with Crippen LogP contribution in [0.2, 0.25) is 4.34 Å². The normalized spacial score (nSPS) is 16.5. The van der Waals surface area contributed by atoms with E-state index >= 15 is 0 Å². The molecule has 1 saturated heterocycles. The minimum absolute atomic E-state index is 0.0188. The Labute approximate surface area is 225 Å². The Morgan fingerprint density at radius 3 is 2.63 bits per heavy atom. The van der Waals surface area contributed by atoms with Gasteiger partial charge in [0.05, 0.1) is 21.5 Å². The van der Waals surface area contributed by atoms with E-state index < -0.39 is 41.8 Å². The smallest absolute Gasteiger partial charge is 0.408 e. The number of carbonyl (C=O) groups excluding carboxylic acids is 4. The Kier molecular flexibility index (Phi) is 9.13. The Morgan fingerprint density at radius 2 is 2.00 bits per heavy atom. The number of alkyl carbamates (subject to hydrolysis) is 1. The highest BCUT2D eigenvalue weighted by Crippen LogP contribution is 2.33. The molecule has 1 atom stereocenters. The fraction of sp³-hybridized carbons (Fsp3) is 0.417. The van der Waals surface area contributed by atoms with Crippen LogP contribution in [0.1, 0.15) is 40.9 Å². The van der Waals surface area contributed by atoms with Crippen LogP contribution in [0.15, 0.2) is 30.3 Å². The van der Waals surface area contributed by atoms with Crippen molar-refractivity contribution in [3.05, 3.63) is 45.1 Å². The molecule has 1 aromatic carbocycles. The summed E-state index contributed by atoms with van der Waals surface area (Å²) in [5, 5.41) is 7.48. The fourth-order valence-electron chi connectivity index (χ4n) is 3.80. The summed E-state index contributed by atoms with van der Waals surface area (Å²) >= 11 is 6.91. The van der Waals surface area contributed by atoms with Crippen molar-refractivity contribution >= 4 is 58.1 Å². The zero-order valence-corrected chi connectivity index (χ0v) is 21.6. The molecular formula is C24H25ClF2N4O6S. The third kappa shape index (κ3) is 6.97. The van der Waals surface area contributed by atoms with Crippen molar-refractivity contribution < 1.29 is 37.4 Å². The van der Waals surface area contributed by atoms with Crippen molar-refractivity contribution in [3.8, 4) is 0 Å². The maximum atomic E-state index is 13.9. The van der Waals surface area contributed by atoms with Crippen LogP contribution in [0.3, 0.4) is 0 Å². The summed E-state index contributed by atoms with van der Waals surface area (Å²) in [6, 6.07) is 5.54. The lowest BCUT2D eigenvalue weighted by Crippen LogP contribution is -2.51. The summed E-state index contributed by atoms with van der Waals surface area (Å²) in [5.41, 5.74) is -0.410. The van der Waals surface area contributed by atoms with Crippen LogP contribution in [0, 0.1) is 0 Å². The number of carbonyl (C=O) groups is 4. The molecule has 1 aliphatic heterocycles. The quantitative estimate of drug-likeness (QED) is 0.422. The van der Waals surface area contributed by atoms with Gasteiger partial charge in [-0.05, 0) is 49.6 Å². The maximum Gasteiger partial charge on any atom is 0.408 e. The molecule has 14 heteroatoms. The van der Waals surface area contributed by atoms with Crippen LogP contribution in [0.25, 0.3) is 0 Å². The van der Waals surface area contributed by atoms with E-state index in [1.807, 2.05) is 0 Å². The molecule has 2 aliphatic rings. The number of halogens is 3. The van der Waals surface area contributed by atoms with Gasteiger partial charge >= 0.3 is 6.09 Å². The van der Waals surface area contributed by atoms with Gasteiger partial charge in [-0.2, -0.15) is 0 Å².